The number of imidazole rings is 1. The summed E-state index contributed by atoms with van der Waals surface area (Å²) in [7, 11) is 0. The number of aromatic amines is 1. The van der Waals surface area contributed by atoms with Crippen LogP contribution in [0.15, 0.2) is 12.5 Å². The Bertz CT molecular complexity index is 858. The van der Waals surface area contributed by atoms with Crippen LogP contribution in [-0.2, 0) is 35.2 Å². The second kappa shape index (κ2) is 13.4. The third-order valence-electron chi connectivity index (χ3n) is 4.39. The second-order valence-electron chi connectivity index (χ2n) is 7.13. The molecule has 5 amide bonds. The molecule has 0 saturated carbocycles. The molecule has 0 aliphatic rings. The number of carboxylic acids is 1. The number of primary amides is 2. The lowest BCUT2D eigenvalue weighted by atomic mass is 10.1. The molecule has 3 atom stereocenters. The van der Waals surface area contributed by atoms with E-state index < -0.39 is 60.2 Å². The summed E-state index contributed by atoms with van der Waals surface area (Å²) >= 11 is 0. The molecule has 1 aromatic rings. The van der Waals surface area contributed by atoms with E-state index in [1.807, 2.05) is 0 Å². The first-order chi connectivity index (χ1) is 15.5. The van der Waals surface area contributed by atoms with Crippen LogP contribution in [0, 0.1) is 0 Å². The van der Waals surface area contributed by atoms with Crippen molar-refractivity contribution in [3.05, 3.63) is 18.2 Å². The summed E-state index contributed by atoms with van der Waals surface area (Å²) in [6.07, 6.45) is 2.05. The third-order valence-corrected chi connectivity index (χ3v) is 4.39. The van der Waals surface area contributed by atoms with E-state index in [0.29, 0.717) is 5.69 Å². The predicted octanol–water partition coefficient (Wildman–Crippen LogP) is -4.02. The number of H-pyrrole nitrogens is 1. The van der Waals surface area contributed by atoms with E-state index in [0.717, 1.165) is 0 Å². The lowest BCUT2D eigenvalue weighted by molar-refractivity contribution is -0.142. The molecular formula is C18H28N8O7. The van der Waals surface area contributed by atoms with E-state index in [9.17, 15) is 33.9 Å². The van der Waals surface area contributed by atoms with Crippen molar-refractivity contribution in [2.75, 3.05) is 6.54 Å². The smallest absolute Gasteiger partial charge is 0.326 e. The fourth-order valence-corrected chi connectivity index (χ4v) is 2.62. The maximum Gasteiger partial charge on any atom is 0.326 e. The molecule has 15 nitrogen and oxygen atoms in total. The number of nitrogens with zero attached hydrogens (tertiary/aromatic N) is 1. The molecule has 0 bridgehead atoms. The normalized spacial score (nSPS) is 13.2. The van der Waals surface area contributed by atoms with Crippen LogP contribution in [0.4, 0.5) is 0 Å². The maximum absolute atomic E-state index is 12.6. The Labute approximate surface area is 188 Å². The van der Waals surface area contributed by atoms with Crippen LogP contribution in [0.25, 0.3) is 0 Å². The van der Waals surface area contributed by atoms with Gasteiger partial charge in [-0.05, 0) is 12.8 Å². The van der Waals surface area contributed by atoms with Crippen molar-refractivity contribution in [1.82, 2.24) is 25.9 Å². The van der Waals surface area contributed by atoms with Crippen LogP contribution in [-0.4, -0.2) is 75.2 Å². The van der Waals surface area contributed by atoms with Gasteiger partial charge in [0.15, 0.2) is 0 Å². The molecule has 0 aliphatic heterocycles. The standard InChI is InChI=1S/C18H28N8O7/c19-10(1-3-13(20)27)16(30)23-7-15(29)25-11(2-4-14(21)28)17(31)26-12(18(32)33)5-9-6-22-8-24-9/h6,8,10-12H,1-5,7,19H2,(H2,20,27)(H2,21,28)(H,22,24)(H,23,30)(H,25,29)(H,26,31)(H,32,33). The van der Waals surface area contributed by atoms with Gasteiger partial charge in [0, 0.05) is 31.2 Å². The van der Waals surface area contributed by atoms with Crippen molar-refractivity contribution < 1.29 is 33.9 Å². The minimum atomic E-state index is -1.34. The molecular weight excluding hydrogens is 440 g/mol. The Morgan fingerprint density at radius 2 is 1.61 bits per heavy atom. The maximum atomic E-state index is 12.6. The van der Waals surface area contributed by atoms with Gasteiger partial charge in [-0.15, -0.1) is 0 Å². The molecule has 1 aromatic heterocycles. The van der Waals surface area contributed by atoms with E-state index >= 15 is 0 Å². The van der Waals surface area contributed by atoms with Crippen molar-refractivity contribution in [1.29, 1.82) is 0 Å². The minimum Gasteiger partial charge on any atom is -0.480 e. The van der Waals surface area contributed by atoms with E-state index in [1.54, 1.807) is 0 Å². The van der Waals surface area contributed by atoms with Gasteiger partial charge in [-0.25, -0.2) is 9.78 Å². The lowest BCUT2D eigenvalue weighted by Gasteiger charge is -2.21. The van der Waals surface area contributed by atoms with Crippen molar-refractivity contribution in [3.63, 3.8) is 0 Å². The van der Waals surface area contributed by atoms with E-state index in [4.69, 9.17) is 17.2 Å². The highest BCUT2D eigenvalue weighted by Crippen LogP contribution is 2.03. The van der Waals surface area contributed by atoms with Gasteiger partial charge in [-0.2, -0.15) is 0 Å². The van der Waals surface area contributed by atoms with Crippen LogP contribution in [0.5, 0.6) is 0 Å². The number of carbonyl (C=O) groups excluding carboxylic acids is 5. The van der Waals surface area contributed by atoms with E-state index in [1.165, 1.54) is 12.5 Å². The first-order valence-electron chi connectivity index (χ1n) is 9.89. The van der Waals surface area contributed by atoms with Crippen molar-refractivity contribution in [3.8, 4) is 0 Å². The molecule has 0 saturated heterocycles. The number of carboxylic acid groups (broad SMARTS) is 1. The molecule has 33 heavy (non-hydrogen) atoms. The molecule has 3 unspecified atom stereocenters. The molecule has 1 heterocycles. The molecule has 0 aromatic carbocycles. The number of nitrogens with one attached hydrogen (secondary N) is 4. The highest BCUT2D eigenvalue weighted by Gasteiger charge is 2.27. The van der Waals surface area contributed by atoms with Crippen LogP contribution in [0.2, 0.25) is 0 Å². The number of amides is 5. The SMILES string of the molecule is NC(=O)CCC(N)C(=O)NCC(=O)NC(CCC(N)=O)C(=O)NC(Cc1cnc[nH]1)C(=O)O. The van der Waals surface area contributed by atoms with Gasteiger partial charge in [0.05, 0.1) is 18.9 Å². The minimum absolute atomic E-state index is 0.0145. The zero-order valence-electron chi connectivity index (χ0n) is 17.7. The summed E-state index contributed by atoms with van der Waals surface area (Å²) in [5.74, 6) is -5.06. The number of nitrogens with two attached hydrogens (primary N) is 3. The number of hydrogen-bond donors (Lipinski definition) is 8. The van der Waals surface area contributed by atoms with Crippen LogP contribution in [0.3, 0.4) is 0 Å². The Morgan fingerprint density at radius 1 is 0.970 bits per heavy atom. The van der Waals surface area contributed by atoms with Crippen molar-refractivity contribution in [2.24, 2.45) is 17.2 Å². The van der Waals surface area contributed by atoms with Gasteiger partial charge in [-0.3, -0.25) is 24.0 Å². The Morgan fingerprint density at radius 3 is 2.15 bits per heavy atom. The number of rotatable bonds is 15. The molecule has 0 radical (unpaired) electrons. The van der Waals surface area contributed by atoms with Gasteiger partial charge in [0.1, 0.15) is 12.1 Å². The highest BCUT2D eigenvalue weighted by atomic mass is 16.4. The van der Waals surface area contributed by atoms with Crippen LogP contribution < -0.4 is 33.2 Å². The summed E-state index contributed by atoms with van der Waals surface area (Å²) in [5.41, 5.74) is 16.1. The molecule has 15 heteroatoms. The zero-order valence-corrected chi connectivity index (χ0v) is 17.7. The second-order valence-corrected chi connectivity index (χ2v) is 7.13. The van der Waals surface area contributed by atoms with Crippen LogP contribution >= 0.6 is 0 Å². The van der Waals surface area contributed by atoms with Gasteiger partial charge in [-0.1, -0.05) is 0 Å². The van der Waals surface area contributed by atoms with Crippen molar-refractivity contribution in [2.45, 2.75) is 50.2 Å². The number of hydrogen-bond acceptors (Lipinski definition) is 8. The molecule has 0 fully saturated rings. The summed E-state index contributed by atoms with van der Waals surface area (Å²) < 4.78 is 0. The lowest BCUT2D eigenvalue weighted by Crippen LogP contribution is -2.54. The molecule has 1 rings (SSSR count). The van der Waals surface area contributed by atoms with E-state index in [-0.39, 0.29) is 32.1 Å². The van der Waals surface area contributed by atoms with E-state index in [2.05, 4.69) is 25.9 Å². The molecule has 0 aliphatic carbocycles. The fraction of sp³-hybridized carbons (Fsp3) is 0.500. The van der Waals surface area contributed by atoms with Gasteiger partial charge in [0.25, 0.3) is 0 Å². The predicted molar refractivity (Wildman–Crippen MR) is 112 cm³/mol. The summed E-state index contributed by atoms with van der Waals surface area (Å²) in [4.78, 5) is 76.6. The monoisotopic (exact) mass is 468 g/mol. The first-order valence-corrected chi connectivity index (χ1v) is 9.89. The number of aromatic nitrogens is 2. The fourth-order valence-electron chi connectivity index (χ4n) is 2.62. The summed E-state index contributed by atoms with van der Waals surface area (Å²) in [6, 6.07) is -3.71. The largest absolute Gasteiger partial charge is 0.480 e. The average Bonchev–Trinajstić information content (AvgIpc) is 3.25. The Balaban J connectivity index is 2.70. The van der Waals surface area contributed by atoms with Crippen LogP contribution in [0.1, 0.15) is 31.4 Å². The summed E-state index contributed by atoms with van der Waals surface area (Å²) in [6.45, 7) is -0.556. The Hall–Kier alpha value is -4.01. The zero-order chi connectivity index (χ0) is 25.0. The Kier molecular flexibility index (Phi) is 11.0. The number of aliphatic carboxylic acids is 1. The quantitative estimate of drug-likeness (QED) is 0.124. The number of carbonyl (C=O) groups is 6. The van der Waals surface area contributed by atoms with Gasteiger partial charge in [0.2, 0.25) is 29.5 Å². The molecule has 0 spiro atoms. The van der Waals surface area contributed by atoms with Gasteiger partial charge >= 0.3 is 5.97 Å². The average molecular weight is 468 g/mol. The molecule has 11 N–H and O–H groups in total. The first kappa shape index (κ1) is 27.0. The molecule has 182 valence electrons. The highest BCUT2D eigenvalue weighted by molar-refractivity contribution is 5.93. The van der Waals surface area contributed by atoms with Gasteiger partial charge < -0.3 is 43.2 Å². The van der Waals surface area contributed by atoms with Crippen molar-refractivity contribution >= 4 is 35.5 Å². The summed E-state index contributed by atoms with van der Waals surface area (Å²) in [5, 5.41) is 16.2. The third kappa shape index (κ3) is 10.7. The topological polar surface area (TPSA) is 265 Å².